The van der Waals surface area contributed by atoms with Crippen molar-refractivity contribution in [2.24, 2.45) is 0 Å². The van der Waals surface area contributed by atoms with Gasteiger partial charge in [0.2, 0.25) is 17.6 Å². The topological polar surface area (TPSA) is 68.5 Å². The molecule has 0 aliphatic carbocycles. The lowest BCUT2D eigenvalue weighted by atomic mass is 10.1. The number of amides is 1. The SMILES string of the molecule is CC(c1ccccc1)N1CC(c2nc(-c3ccc(OC(F)(F)F)cc3)no2)CC1=O. The Morgan fingerprint density at radius 3 is 2.50 bits per heavy atom. The molecule has 2 atom stereocenters. The lowest BCUT2D eigenvalue weighted by Crippen LogP contribution is -2.28. The average Bonchev–Trinajstić information content (AvgIpc) is 3.34. The standard InChI is InChI=1S/C21H18F3N3O3/c1-13(14-5-3-2-4-6-14)27-12-16(11-18(27)28)20-25-19(26-30-20)15-7-9-17(10-8-15)29-21(22,23)24/h2-10,13,16H,11-12H2,1H3. The molecule has 0 bridgehead atoms. The van der Waals surface area contributed by atoms with Gasteiger partial charge in [0.25, 0.3) is 0 Å². The lowest BCUT2D eigenvalue weighted by Gasteiger charge is -2.24. The third-order valence-electron chi connectivity index (χ3n) is 5.05. The van der Waals surface area contributed by atoms with Gasteiger partial charge in [-0.05, 0) is 36.8 Å². The molecule has 0 N–H and O–H groups in total. The first-order valence-electron chi connectivity index (χ1n) is 9.34. The highest BCUT2D eigenvalue weighted by atomic mass is 19.4. The van der Waals surface area contributed by atoms with Gasteiger partial charge in [-0.1, -0.05) is 35.5 Å². The Kier molecular flexibility index (Phi) is 5.19. The molecule has 0 radical (unpaired) electrons. The van der Waals surface area contributed by atoms with E-state index in [0.717, 1.165) is 5.56 Å². The van der Waals surface area contributed by atoms with Crippen molar-refractivity contribution in [3.05, 3.63) is 66.1 Å². The summed E-state index contributed by atoms with van der Waals surface area (Å²) in [6.07, 6.45) is -4.49. The Labute approximate surface area is 170 Å². The van der Waals surface area contributed by atoms with E-state index < -0.39 is 6.36 Å². The zero-order valence-electron chi connectivity index (χ0n) is 16.0. The van der Waals surface area contributed by atoms with E-state index in [-0.39, 0.29) is 35.9 Å². The second-order valence-corrected chi connectivity index (χ2v) is 7.06. The predicted octanol–water partition coefficient (Wildman–Crippen LogP) is 4.71. The van der Waals surface area contributed by atoms with Gasteiger partial charge >= 0.3 is 6.36 Å². The summed E-state index contributed by atoms with van der Waals surface area (Å²) in [5, 5.41) is 3.91. The number of carbonyl (C=O) groups excluding carboxylic acids is 1. The summed E-state index contributed by atoms with van der Waals surface area (Å²) in [7, 11) is 0. The molecule has 1 aromatic heterocycles. The molecule has 2 heterocycles. The van der Waals surface area contributed by atoms with Crippen LogP contribution in [-0.4, -0.2) is 33.9 Å². The van der Waals surface area contributed by atoms with E-state index >= 15 is 0 Å². The smallest absolute Gasteiger partial charge is 0.406 e. The van der Waals surface area contributed by atoms with Crippen LogP contribution in [0.25, 0.3) is 11.4 Å². The number of alkyl halides is 3. The number of carbonyl (C=O) groups is 1. The summed E-state index contributed by atoms with van der Waals surface area (Å²) in [5.41, 5.74) is 1.53. The van der Waals surface area contributed by atoms with Gasteiger partial charge in [0.1, 0.15) is 5.75 Å². The highest BCUT2D eigenvalue weighted by Crippen LogP contribution is 2.34. The summed E-state index contributed by atoms with van der Waals surface area (Å²) in [5.74, 6) is 0.00620. The third-order valence-corrected chi connectivity index (χ3v) is 5.05. The van der Waals surface area contributed by atoms with Crippen molar-refractivity contribution in [1.29, 1.82) is 0 Å². The molecule has 4 rings (SSSR count). The second kappa shape index (κ2) is 7.81. The minimum Gasteiger partial charge on any atom is -0.406 e. The van der Waals surface area contributed by atoms with Gasteiger partial charge in [-0.15, -0.1) is 13.2 Å². The highest BCUT2D eigenvalue weighted by molar-refractivity contribution is 5.80. The van der Waals surface area contributed by atoms with Crippen molar-refractivity contribution in [2.75, 3.05) is 6.54 Å². The number of aromatic nitrogens is 2. The normalized spacial score (nSPS) is 17.9. The van der Waals surface area contributed by atoms with Crippen LogP contribution in [-0.2, 0) is 4.79 Å². The molecule has 3 aromatic rings. The summed E-state index contributed by atoms with van der Waals surface area (Å²) >= 11 is 0. The average molecular weight is 417 g/mol. The van der Waals surface area contributed by atoms with Gasteiger partial charge in [0.05, 0.1) is 12.0 Å². The van der Waals surface area contributed by atoms with Crippen LogP contribution in [0, 0.1) is 0 Å². The lowest BCUT2D eigenvalue weighted by molar-refractivity contribution is -0.274. The molecule has 1 amide bonds. The van der Waals surface area contributed by atoms with Crippen LogP contribution >= 0.6 is 0 Å². The Hall–Kier alpha value is -3.36. The molecule has 0 saturated carbocycles. The second-order valence-electron chi connectivity index (χ2n) is 7.06. The van der Waals surface area contributed by atoms with Gasteiger partial charge in [-0.2, -0.15) is 4.98 Å². The number of nitrogens with zero attached hydrogens (tertiary/aromatic N) is 3. The summed E-state index contributed by atoms with van der Waals surface area (Å²) in [6, 6.07) is 14.9. The first-order chi connectivity index (χ1) is 14.3. The van der Waals surface area contributed by atoms with E-state index in [2.05, 4.69) is 14.9 Å². The Bertz CT molecular complexity index is 1020. The van der Waals surface area contributed by atoms with E-state index in [1.165, 1.54) is 24.3 Å². The maximum Gasteiger partial charge on any atom is 0.573 e. The summed E-state index contributed by atoms with van der Waals surface area (Å²) in [6.45, 7) is 2.42. The van der Waals surface area contributed by atoms with Crippen molar-refractivity contribution < 1.29 is 27.2 Å². The minimum atomic E-state index is -4.75. The zero-order chi connectivity index (χ0) is 21.3. The van der Waals surface area contributed by atoms with E-state index in [1.54, 1.807) is 4.90 Å². The van der Waals surface area contributed by atoms with Crippen LogP contribution in [0.3, 0.4) is 0 Å². The fourth-order valence-corrected chi connectivity index (χ4v) is 3.51. The summed E-state index contributed by atoms with van der Waals surface area (Å²) < 4.78 is 46.0. The molecule has 6 nitrogen and oxygen atoms in total. The molecular formula is C21H18F3N3O3. The molecule has 9 heteroatoms. The van der Waals surface area contributed by atoms with Crippen LogP contribution in [0.15, 0.2) is 59.1 Å². The van der Waals surface area contributed by atoms with E-state index in [9.17, 15) is 18.0 Å². The van der Waals surface area contributed by atoms with Crippen LogP contribution in [0.2, 0.25) is 0 Å². The molecule has 1 saturated heterocycles. The number of rotatable bonds is 5. The number of hydrogen-bond donors (Lipinski definition) is 0. The molecule has 1 fully saturated rings. The fourth-order valence-electron chi connectivity index (χ4n) is 3.51. The molecule has 1 aliphatic heterocycles. The van der Waals surface area contributed by atoms with Crippen molar-refractivity contribution >= 4 is 5.91 Å². The van der Waals surface area contributed by atoms with Gasteiger partial charge in [-0.25, -0.2) is 0 Å². The maximum atomic E-state index is 12.5. The molecule has 2 aromatic carbocycles. The molecule has 0 spiro atoms. The van der Waals surface area contributed by atoms with Crippen LogP contribution < -0.4 is 4.74 Å². The third kappa shape index (κ3) is 4.29. The van der Waals surface area contributed by atoms with E-state index in [0.29, 0.717) is 18.0 Å². The first-order valence-corrected chi connectivity index (χ1v) is 9.34. The van der Waals surface area contributed by atoms with Crippen molar-refractivity contribution in [3.8, 4) is 17.1 Å². The quantitative estimate of drug-likeness (QED) is 0.601. The first kappa shape index (κ1) is 19.9. The van der Waals surface area contributed by atoms with Crippen LogP contribution in [0.5, 0.6) is 5.75 Å². The number of halogens is 3. The Morgan fingerprint density at radius 1 is 1.13 bits per heavy atom. The molecular weight excluding hydrogens is 399 g/mol. The van der Waals surface area contributed by atoms with Gasteiger partial charge in [0, 0.05) is 18.5 Å². The van der Waals surface area contributed by atoms with Crippen molar-refractivity contribution in [2.45, 2.75) is 31.7 Å². The largest absolute Gasteiger partial charge is 0.573 e. The van der Waals surface area contributed by atoms with Crippen LogP contribution in [0.4, 0.5) is 13.2 Å². The van der Waals surface area contributed by atoms with Gasteiger partial charge < -0.3 is 14.2 Å². The monoisotopic (exact) mass is 417 g/mol. The molecule has 30 heavy (non-hydrogen) atoms. The Balaban J connectivity index is 1.46. The van der Waals surface area contributed by atoms with E-state index in [1.807, 2.05) is 37.3 Å². The number of hydrogen-bond acceptors (Lipinski definition) is 5. The molecule has 2 unspecified atom stereocenters. The van der Waals surface area contributed by atoms with Crippen LogP contribution in [0.1, 0.15) is 36.8 Å². The van der Waals surface area contributed by atoms with Crippen molar-refractivity contribution in [1.82, 2.24) is 15.0 Å². The Morgan fingerprint density at radius 2 is 1.83 bits per heavy atom. The number of ether oxygens (including phenoxy) is 1. The fraction of sp³-hybridized carbons (Fsp3) is 0.286. The summed E-state index contributed by atoms with van der Waals surface area (Å²) in [4.78, 5) is 18.7. The number of likely N-dealkylation sites (tertiary alicyclic amines) is 1. The zero-order valence-corrected chi connectivity index (χ0v) is 16.0. The van der Waals surface area contributed by atoms with Gasteiger partial charge in [-0.3, -0.25) is 4.79 Å². The predicted molar refractivity (Wildman–Crippen MR) is 100 cm³/mol. The molecule has 156 valence electrons. The van der Waals surface area contributed by atoms with E-state index in [4.69, 9.17) is 4.52 Å². The van der Waals surface area contributed by atoms with Gasteiger partial charge in [0.15, 0.2) is 0 Å². The number of benzene rings is 2. The maximum absolute atomic E-state index is 12.5. The minimum absolute atomic E-state index is 0.00440. The highest BCUT2D eigenvalue weighted by Gasteiger charge is 2.37. The van der Waals surface area contributed by atoms with Crippen molar-refractivity contribution in [3.63, 3.8) is 0 Å². The molecule has 1 aliphatic rings.